The average molecular weight is 376 g/mol. The smallest absolute Gasteiger partial charge is 0.133 e. The van der Waals surface area contributed by atoms with Gasteiger partial charge in [0.25, 0.3) is 0 Å². The van der Waals surface area contributed by atoms with E-state index in [0.717, 1.165) is 48.2 Å². The maximum absolute atomic E-state index is 7.30. The fourth-order valence-corrected chi connectivity index (χ4v) is 3.42. The third-order valence-corrected chi connectivity index (χ3v) is 5.02. The number of hydrogen-bond donors (Lipinski definition) is 2. The van der Waals surface area contributed by atoms with E-state index in [4.69, 9.17) is 20.3 Å². The Morgan fingerprint density at radius 2 is 2.11 bits per heavy atom. The van der Waals surface area contributed by atoms with Gasteiger partial charge in [-0.2, -0.15) is 0 Å². The molecule has 0 spiro atoms. The normalized spacial score (nSPS) is 17.2. The minimum atomic E-state index is 0.157. The molecule has 4 rings (SSSR count). The van der Waals surface area contributed by atoms with Crippen LogP contribution in [-0.2, 0) is 6.42 Å². The summed E-state index contributed by atoms with van der Waals surface area (Å²) >= 11 is 0. The lowest BCUT2D eigenvalue weighted by atomic mass is 10.1. The van der Waals surface area contributed by atoms with Gasteiger partial charge in [0.1, 0.15) is 23.3 Å². The van der Waals surface area contributed by atoms with Crippen molar-refractivity contribution >= 4 is 23.1 Å². The van der Waals surface area contributed by atoms with Crippen molar-refractivity contribution in [2.24, 2.45) is 10.7 Å². The summed E-state index contributed by atoms with van der Waals surface area (Å²) < 4.78 is 11.3. The molecule has 0 radical (unpaired) electrons. The van der Waals surface area contributed by atoms with E-state index < -0.39 is 0 Å². The van der Waals surface area contributed by atoms with Gasteiger partial charge in [-0.3, -0.25) is 10.4 Å². The summed E-state index contributed by atoms with van der Waals surface area (Å²) in [4.78, 5) is 6.47. The van der Waals surface area contributed by atoms with Gasteiger partial charge < -0.3 is 19.8 Å². The summed E-state index contributed by atoms with van der Waals surface area (Å²) in [5, 5.41) is 8.32. The zero-order chi connectivity index (χ0) is 19.3. The highest BCUT2D eigenvalue weighted by Gasteiger charge is 2.21. The van der Waals surface area contributed by atoms with E-state index in [0.29, 0.717) is 12.4 Å². The minimum Gasteiger partial charge on any atom is -0.489 e. The molecule has 1 aromatic heterocycles. The minimum absolute atomic E-state index is 0.157. The molecular formula is C22H24N4O2. The molecule has 1 aliphatic heterocycles. The predicted molar refractivity (Wildman–Crippen MR) is 111 cm³/mol. The molecule has 0 aliphatic carbocycles. The topological polar surface area (TPSA) is 87.8 Å². The highest BCUT2D eigenvalue weighted by molar-refractivity contribution is 6.00. The Morgan fingerprint density at radius 1 is 1.25 bits per heavy atom. The van der Waals surface area contributed by atoms with Crippen LogP contribution >= 0.6 is 0 Å². The number of fused-ring (bicyclic) bond motifs is 1. The van der Waals surface area contributed by atoms with E-state index in [1.807, 2.05) is 41.3 Å². The molecule has 1 saturated heterocycles. The highest BCUT2D eigenvalue weighted by atomic mass is 16.5. The first-order valence-corrected chi connectivity index (χ1v) is 9.49. The van der Waals surface area contributed by atoms with Crippen LogP contribution in [0.15, 0.2) is 64.2 Å². The first-order chi connectivity index (χ1) is 13.7. The van der Waals surface area contributed by atoms with Crippen LogP contribution in [0.3, 0.4) is 0 Å². The average Bonchev–Trinajstić information content (AvgIpc) is 3.37. The lowest BCUT2D eigenvalue weighted by Gasteiger charge is -2.14. The number of nitrogens with zero attached hydrogens (tertiary/aromatic N) is 2. The van der Waals surface area contributed by atoms with Crippen molar-refractivity contribution in [1.82, 2.24) is 4.90 Å². The quantitative estimate of drug-likeness (QED) is 0.488. The summed E-state index contributed by atoms with van der Waals surface area (Å²) in [7, 11) is 0. The van der Waals surface area contributed by atoms with Crippen molar-refractivity contribution in [2.75, 3.05) is 19.6 Å². The van der Waals surface area contributed by atoms with Crippen molar-refractivity contribution in [3.63, 3.8) is 0 Å². The number of amidine groups is 1. The number of nitrogens with one attached hydrogen (secondary N) is 1. The van der Waals surface area contributed by atoms with Crippen LogP contribution in [0, 0.1) is 5.41 Å². The van der Waals surface area contributed by atoms with E-state index in [1.165, 1.54) is 11.9 Å². The second-order valence-electron chi connectivity index (χ2n) is 6.99. The van der Waals surface area contributed by atoms with Crippen LogP contribution in [0.1, 0.15) is 17.5 Å². The van der Waals surface area contributed by atoms with Gasteiger partial charge in [-0.25, -0.2) is 0 Å². The molecule has 1 aliphatic rings. The molecule has 3 N–H and O–H groups in total. The Morgan fingerprint density at radius 3 is 2.89 bits per heavy atom. The number of rotatable bonds is 7. The standard InChI is InChI=1S/C22H24N4O2/c23-15-26-11-8-20(14-26)28-19-4-1-16(2-5-19)7-10-25-22(24)18-3-6-21-17(13-18)9-12-27-21/h1-6,9,12-13,15,20,23H,7-8,10-11,14H2,(H2,24,25)/t20-/m0/s1. The third kappa shape index (κ3) is 4.17. The Bertz CT molecular complexity index is 978. The number of furan rings is 1. The van der Waals surface area contributed by atoms with E-state index in [-0.39, 0.29) is 6.10 Å². The summed E-state index contributed by atoms with van der Waals surface area (Å²) in [5.41, 5.74) is 9.09. The molecule has 1 atom stereocenters. The van der Waals surface area contributed by atoms with Crippen LogP contribution in [0.4, 0.5) is 0 Å². The SMILES string of the molecule is N=CN1CC[C@H](Oc2ccc(CCN=C(N)c3ccc4occc4c3)cc2)C1. The number of aliphatic imine (C=N–C) groups is 1. The summed E-state index contributed by atoms with van der Waals surface area (Å²) in [6.45, 7) is 2.30. The third-order valence-electron chi connectivity index (χ3n) is 5.02. The number of nitrogens with two attached hydrogens (primary N) is 1. The number of ether oxygens (including phenoxy) is 1. The van der Waals surface area contributed by atoms with E-state index in [1.54, 1.807) is 6.26 Å². The molecular weight excluding hydrogens is 352 g/mol. The van der Waals surface area contributed by atoms with Crippen LogP contribution in [-0.4, -0.2) is 42.8 Å². The first kappa shape index (κ1) is 18.1. The maximum Gasteiger partial charge on any atom is 0.133 e. The van der Waals surface area contributed by atoms with Crippen molar-refractivity contribution in [3.05, 3.63) is 65.9 Å². The molecule has 3 aromatic rings. The molecule has 0 unspecified atom stereocenters. The second kappa shape index (κ2) is 8.17. The Kier molecular flexibility index (Phi) is 5.28. The summed E-state index contributed by atoms with van der Waals surface area (Å²) in [5.74, 6) is 1.41. The van der Waals surface area contributed by atoms with E-state index in [9.17, 15) is 0 Å². The Hall–Kier alpha value is -3.28. The van der Waals surface area contributed by atoms with E-state index >= 15 is 0 Å². The molecule has 6 heteroatoms. The first-order valence-electron chi connectivity index (χ1n) is 9.49. The molecule has 28 heavy (non-hydrogen) atoms. The molecule has 6 nitrogen and oxygen atoms in total. The molecule has 0 amide bonds. The number of benzene rings is 2. The zero-order valence-corrected chi connectivity index (χ0v) is 15.7. The molecule has 144 valence electrons. The Balaban J connectivity index is 1.30. The Labute approximate surface area is 164 Å². The van der Waals surface area contributed by atoms with Crippen molar-refractivity contribution in [3.8, 4) is 5.75 Å². The fourth-order valence-electron chi connectivity index (χ4n) is 3.42. The molecule has 2 aromatic carbocycles. The predicted octanol–water partition coefficient (Wildman–Crippen LogP) is 3.44. The van der Waals surface area contributed by atoms with Crippen LogP contribution in [0.2, 0.25) is 0 Å². The van der Waals surface area contributed by atoms with E-state index in [2.05, 4.69) is 17.1 Å². The molecule has 0 bridgehead atoms. The summed E-state index contributed by atoms with van der Waals surface area (Å²) in [6.07, 6.45) is 4.98. The molecule has 2 heterocycles. The zero-order valence-electron chi connectivity index (χ0n) is 15.7. The van der Waals surface area contributed by atoms with Gasteiger partial charge in [-0.15, -0.1) is 0 Å². The monoisotopic (exact) mass is 376 g/mol. The molecule has 1 fully saturated rings. The van der Waals surface area contributed by atoms with Crippen molar-refractivity contribution < 1.29 is 9.15 Å². The van der Waals surface area contributed by atoms with Gasteiger partial charge >= 0.3 is 0 Å². The van der Waals surface area contributed by atoms with Gasteiger partial charge in [0, 0.05) is 30.5 Å². The maximum atomic E-state index is 7.30. The van der Waals surface area contributed by atoms with Crippen LogP contribution < -0.4 is 10.5 Å². The summed E-state index contributed by atoms with van der Waals surface area (Å²) in [6, 6.07) is 15.9. The van der Waals surface area contributed by atoms with Gasteiger partial charge in [0.2, 0.25) is 0 Å². The number of likely N-dealkylation sites (tertiary alicyclic amines) is 1. The lowest BCUT2D eigenvalue weighted by molar-refractivity contribution is 0.215. The van der Waals surface area contributed by atoms with Gasteiger partial charge in [0.15, 0.2) is 0 Å². The lowest BCUT2D eigenvalue weighted by Crippen LogP contribution is -2.23. The number of hydrogen-bond acceptors (Lipinski definition) is 4. The second-order valence-corrected chi connectivity index (χ2v) is 6.99. The van der Waals surface area contributed by atoms with Crippen LogP contribution in [0.5, 0.6) is 5.75 Å². The van der Waals surface area contributed by atoms with Gasteiger partial charge in [0.05, 0.1) is 19.1 Å². The largest absolute Gasteiger partial charge is 0.489 e. The molecule has 0 saturated carbocycles. The van der Waals surface area contributed by atoms with Crippen molar-refractivity contribution in [2.45, 2.75) is 18.9 Å². The van der Waals surface area contributed by atoms with Crippen molar-refractivity contribution in [1.29, 1.82) is 5.41 Å². The van der Waals surface area contributed by atoms with Crippen LogP contribution in [0.25, 0.3) is 11.0 Å². The highest BCUT2D eigenvalue weighted by Crippen LogP contribution is 2.19. The van der Waals surface area contributed by atoms with Gasteiger partial charge in [-0.05, 0) is 48.4 Å². The van der Waals surface area contributed by atoms with Gasteiger partial charge in [-0.1, -0.05) is 12.1 Å². The fraction of sp³-hybridized carbons (Fsp3) is 0.273.